The Bertz CT molecular complexity index is 1490. The zero-order chi connectivity index (χ0) is 25.2. The molecule has 3 aromatic rings. The van der Waals surface area contributed by atoms with Gasteiger partial charge in [0.25, 0.3) is 20.0 Å². The Hall–Kier alpha value is -3.36. The van der Waals surface area contributed by atoms with Gasteiger partial charge in [0.1, 0.15) is 0 Å². The molecule has 0 aromatic heterocycles. The number of benzene rings is 3. The van der Waals surface area contributed by atoms with Crippen LogP contribution in [-0.4, -0.2) is 29.9 Å². The molecule has 4 rings (SSSR count). The largest absolute Gasteiger partial charge is 0.264 e. The molecule has 1 heterocycles. The minimum absolute atomic E-state index is 0.0585. The number of anilines is 2. The molecule has 0 N–H and O–H groups in total. The number of para-hydroxylation sites is 2. The predicted molar refractivity (Wildman–Crippen MR) is 141 cm³/mol. The van der Waals surface area contributed by atoms with Gasteiger partial charge in [-0.15, -0.1) is 0 Å². The molecule has 0 saturated carbocycles. The summed E-state index contributed by atoms with van der Waals surface area (Å²) in [7, 11) is -7.96. The van der Waals surface area contributed by atoms with Crippen LogP contribution in [-0.2, 0) is 20.0 Å². The summed E-state index contributed by atoms with van der Waals surface area (Å²) in [5, 5.41) is 0. The highest BCUT2D eigenvalue weighted by Gasteiger charge is 2.33. The highest BCUT2D eigenvalue weighted by atomic mass is 32.2. The highest BCUT2D eigenvalue weighted by molar-refractivity contribution is 7.93. The summed E-state index contributed by atoms with van der Waals surface area (Å²) in [6.45, 7) is 5.74. The van der Waals surface area contributed by atoms with E-state index < -0.39 is 20.0 Å². The van der Waals surface area contributed by atoms with Crippen LogP contribution >= 0.6 is 0 Å². The molecule has 3 aromatic carbocycles. The van der Waals surface area contributed by atoms with Gasteiger partial charge in [-0.25, -0.2) is 16.8 Å². The molecule has 182 valence electrons. The second kappa shape index (κ2) is 9.71. The lowest BCUT2D eigenvalue weighted by atomic mass is 10.2. The Morgan fingerprint density at radius 1 is 0.686 bits per heavy atom. The average molecular weight is 509 g/mol. The molecule has 0 bridgehead atoms. The van der Waals surface area contributed by atoms with Crippen molar-refractivity contribution in [2.75, 3.05) is 21.7 Å². The Balaban J connectivity index is 1.94. The molecular weight excluding hydrogens is 480 g/mol. The number of nitrogens with zero attached hydrogens (tertiary/aromatic N) is 2. The molecule has 0 unspecified atom stereocenters. The molecule has 1 aliphatic rings. The van der Waals surface area contributed by atoms with Crippen molar-refractivity contribution >= 4 is 31.4 Å². The minimum atomic E-state index is -3.99. The topological polar surface area (TPSA) is 74.8 Å². The molecule has 0 fully saturated rings. The summed E-state index contributed by atoms with van der Waals surface area (Å²) in [6, 6.07) is 20.0. The maximum absolute atomic E-state index is 13.9. The molecule has 0 amide bonds. The van der Waals surface area contributed by atoms with Crippen molar-refractivity contribution < 1.29 is 16.8 Å². The van der Waals surface area contributed by atoms with Crippen LogP contribution in [0.2, 0.25) is 0 Å². The second-order valence-corrected chi connectivity index (χ2v) is 12.2. The van der Waals surface area contributed by atoms with Crippen LogP contribution in [0.15, 0.2) is 106 Å². The van der Waals surface area contributed by atoms with E-state index in [1.165, 1.54) is 8.61 Å². The normalized spacial score (nSPS) is 16.8. The standard InChI is InChI=1S/C27H28N2O4S2/c1-4-23-8-7-19-28(34(30,31)24-15-11-21(2)12-16-24)26-9-5-6-10-27(26)29(20-23)35(32,33)25-17-13-22(3)14-18-25/h4-18H,19-20H2,1-3H3/b8-7-,23-4-. The fraction of sp³-hybridized carbons (Fsp3) is 0.185. The maximum Gasteiger partial charge on any atom is 0.264 e. The Labute approximate surface area is 207 Å². The number of sulfonamides is 2. The van der Waals surface area contributed by atoms with E-state index in [-0.39, 0.29) is 22.9 Å². The molecule has 35 heavy (non-hydrogen) atoms. The second-order valence-electron chi connectivity index (χ2n) is 8.43. The summed E-state index contributed by atoms with van der Waals surface area (Å²) in [4.78, 5) is 0.286. The van der Waals surface area contributed by atoms with Gasteiger partial charge in [-0.2, -0.15) is 0 Å². The zero-order valence-corrected chi connectivity index (χ0v) is 21.6. The van der Waals surface area contributed by atoms with Gasteiger partial charge in [-0.3, -0.25) is 8.61 Å². The van der Waals surface area contributed by atoms with Gasteiger partial charge in [-0.05, 0) is 62.7 Å². The van der Waals surface area contributed by atoms with Crippen LogP contribution in [0, 0.1) is 13.8 Å². The quantitative estimate of drug-likeness (QED) is 0.485. The first-order chi connectivity index (χ1) is 16.6. The number of hydrogen-bond donors (Lipinski definition) is 0. The summed E-state index contributed by atoms with van der Waals surface area (Å²) in [6.07, 6.45) is 5.36. The molecule has 0 saturated heterocycles. The number of hydrogen-bond acceptors (Lipinski definition) is 4. The molecular formula is C27H28N2O4S2. The Morgan fingerprint density at radius 2 is 1.14 bits per heavy atom. The van der Waals surface area contributed by atoms with Gasteiger partial charge >= 0.3 is 0 Å². The smallest absolute Gasteiger partial charge is 0.260 e. The third-order valence-corrected chi connectivity index (χ3v) is 9.51. The van der Waals surface area contributed by atoms with Gasteiger partial charge in [0, 0.05) is 0 Å². The van der Waals surface area contributed by atoms with E-state index in [2.05, 4.69) is 0 Å². The number of fused-ring (bicyclic) bond motifs is 1. The van der Waals surface area contributed by atoms with E-state index >= 15 is 0 Å². The third-order valence-electron chi connectivity index (χ3n) is 5.94. The van der Waals surface area contributed by atoms with E-state index in [0.717, 1.165) is 16.7 Å². The van der Waals surface area contributed by atoms with Crippen molar-refractivity contribution in [3.63, 3.8) is 0 Å². The number of allylic oxidation sites excluding steroid dienone is 1. The fourth-order valence-corrected chi connectivity index (χ4v) is 6.79. The van der Waals surface area contributed by atoms with Crippen LogP contribution in [0.4, 0.5) is 11.4 Å². The predicted octanol–water partition coefficient (Wildman–Crippen LogP) is 5.21. The van der Waals surface area contributed by atoms with Gasteiger partial charge in [0.2, 0.25) is 0 Å². The molecule has 0 atom stereocenters. The van der Waals surface area contributed by atoms with Crippen LogP contribution in [0.5, 0.6) is 0 Å². The van der Waals surface area contributed by atoms with E-state index in [1.54, 1.807) is 84.9 Å². The van der Waals surface area contributed by atoms with Gasteiger partial charge < -0.3 is 0 Å². The van der Waals surface area contributed by atoms with Crippen molar-refractivity contribution in [3.05, 3.63) is 108 Å². The zero-order valence-electron chi connectivity index (χ0n) is 19.9. The number of rotatable bonds is 4. The Morgan fingerprint density at radius 3 is 1.63 bits per heavy atom. The van der Waals surface area contributed by atoms with Gasteiger partial charge in [0.05, 0.1) is 34.3 Å². The van der Waals surface area contributed by atoms with E-state index in [4.69, 9.17) is 0 Å². The van der Waals surface area contributed by atoms with Crippen molar-refractivity contribution in [2.24, 2.45) is 0 Å². The van der Waals surface area contributed by atoms with Gasteiger partial charge in [-0.1, -0.05) is 65.8 Å². The minimum Gasteiger partial charge on any atom is -0.260 e. The fourth-order valence-electron chi connectivity index (χ4n) is 3.89. The lowest BCUT2D eigenvalue weighted by Crippen LogP contribution is -2.36. The molecule has 1 aliphatic heterocycles. The number of aryl methyl sites for hydroxylation is 2. The summed E-state index contributed by atoms with van der Waals surface area (Å²) in [5.41, 5.74) is 3.24. The molecule has 0 aliphatic carbocycles. The first-order valence-corrected chi connectivity index (χ1v) is 14.1. The summed E-state index contributed by atoms with van der Waals surface area (Å²) >= 11 is 0. The summed E-state index contributed by atoms with van der Waals surface area (Å²) in [5.74, 6) is 0. The van der Waals surface area contributed by atoms with Crippen LogP contribution in [0.25, 0.3) is 0 Å². The van der Waals surface area contributed by atoms with Crippen molar-refractivity contribution in [2.45, 2.75) is 30.6 Å². The SMILES string of the molecule is C/C=C1/C=C\CN(S(=O)(=O)c2ccc(C)cc2)c2ccccc2N(S(=O)(=O)c2ccc(C)cc2)C1. The van der Waals surface area contributed by atoms with Crippen LogP contribution in [0.1, 0.15) is 18.1 Å². The van der Waals surface area contributed by atoms with Crippen molar-refractivity contribution in [1.82, 2.24) is 0 Å². The van der Waals surface area contributed by atoms with Crippen molar-refractivity contribution in [3.8, 4) is 0 Å². The average Bonchev–Trinajstić information content (AvgIpc) is 2.92. The first-order valence-electron chi connectivity index (χ1n) is 11.2. The third kappa shape index (κ3) is 4.90. The molecule has 0 spiro atoms. The van der Waals surface area contributed by atoms with E-state index in [9.17, 15) is 16.8 Å². The van der Waals surface area contributed by atoms with Crippen LogP contribution in [0.3, 0.4) is 0 Å². The maximum atomic E-state index is 13.9. The molecule has 6 nitrogen and oxygen atoms in total. The Kier molecular flexibility index (Phi) is 6.87. The molecule has 8 heteroatoms. The van der Waals surface area contributed by atoms with Crippen molar-refractivity contribution in [1.29, 1.82) is 0 Å². The highest BCUT2D eigenvalue weighted by Crippen LogP contribution is 2.37. The van der Waals surface area contributed by atoms with Gasteiger partial charge in [0.15, 0.2) is 0 Å². The monoisotopic (exact) mass is 508 g/mol. The first kappa shape index (κ1) is 24.8. The lowest BCUT2D eigenvalue weighted by Gasteiger charge is -2.30. The molecule has 0 radical (unpaired) electrons. The van der Waals surface area contributed by atoms with Crippen LogP contribution < -0.4 is 8.61 Å². The summed E-state index contributed by atoms with van der Waals surface area (Å²) < 4.78 is 57.8. The lowest BCUT2D eigenvalue weighted by molar-refractivity contribution is 0.589. The van der Waals surface area contributed by atoms with E-state index in [1.807, 2.05) is 26.8 Å². The van der Waals surface area contributed by atoms with E-state index in [0.29, 0.717) is 11.4 Å².